The molecule has 0 aromatic carbocycles. The van der Waals surface area contributed by atoms with Crippen molar-refractivity contribution in [1.29, 1.82) is 0 Å². The first-order valence-corrected chi connectivity index (χ1v) is 4.64. The summed E-state index contributed by atoms with van der Waals surface area (Å²) in [6.45, 7) is 9.69. The maximum absolute atomic E-state index is 2.48. The Balaban J connectivity index is 2.13. The van der Waals surface area contributed by atoms with Crippen molar-refractivity contribution >= 4 is 0 Å². The average Bonchev–Trinajstić information content (AvgIpc) is 2.33. The lowest BCUT2D eigenvalue weighted by Gasteiger charge is -2.40. The Bertz CT molecular complexity index is 161. The van der Waals surface area contributed by atoms with E-state index in [0.717, 1.165) is 29.1 Å². The molecular weight excluding hydrogens is 120 g/mol. The van der Waals surface area contributed by atoms with E-state index in [1.54, 1.807) is 0 Å². The van der Waals surface area contributed by atoms with Gasteiger partial charge in [0.05, 0.1) is 0 Å². The third-order valence-electron chi connectivity index (χ3n) is 4.57. The molecule has 0 radical (unpaired) electrons. The highest BCUT2D eigenvalue weighted by atomic mass is 14.8. The molecule has 5 atom stereocenters. The zero-order chi connectivity index (χ0) is 7.52. The second kappa shape index (κ2) is 1.60. The van der Waals surface area contributed by atoms with Crippen molar-refractivity contribution in [2.24, 2.45) is 29.1 Å². The van der Waals surface area contributed by atoms with Crippen LogP contribution in [0.4, 0.5) is 0 Å². The Morgan fingerprint density at radius 2 is 1.90 bits per heavy atom. The smallest absolute Gasteiger partial charge is 0.0233 e. The molecule has 2 saturated carbocycles. The summed E-state index contributed by atoms with van der Waals surface area (Å²) in [6.07, 6.45) is 1.40. The van der Waals surface area contributed by atoms with E-state index in [1.807, 2.05) is 0 Å². The molecule has 0 saturated heterocycles. The summed E-state index contributed by atoms with van der Waals surface area (Å²) in [5.41, 5.74) is 0.786. The van der Waals surface area contributed by atoms with Gasteiger partial charge in [-0.3, -0.25) is 0 Å². The summed E-state index contributed by atoms with van der Waals surface area (Å²) in [5.74, 6) is 4.21. The Morgan fingerprint density at radius 1 is 1.30 bits per heavy atom. The minimum absolute atomic E-state index is 0.786. The van der Waals surface area contributed by atoms with E-state index in [9.17, 15) is 0 Å². The number of hydrogen-bond acceptors (Lipinski definition) is 0. The molecule has 0 aliphatic heterocycles. The molecule has 2 aliphatic carbocycles. The highest BCUT2D eigenvalue weighted by molar-refractivity contribution is 5.20. The van der Waals surface area contributed by atoms with Crippen LogP contribution in [0.5, 0.6) is 0 Å². The lowest BCUT2D eigenvalue weighted by molar-refractivity contribution is 0.0830. The Labute approximate surface area is 64.0 Å². The summed E-state index contributed by atoms with van der Waals surface area (Å²) >= 11 is 0. The first kappa shape index (κ1) is 6.69. The topological polar surface area (TPSA) is 0 Å². The van der Waals surface area contributed by atoms with Crippen LogP contribution in [0.3, 0.4) is 0 Å². The molecule has 2 fully saturated rings. The van der Waals surface area contributed by atoms with Crippen LogP contribution in [-0.4, -0.2) is 0 Å². The summed E-state index contributed by atoms with van der Waals surface area (Å²) in [7, 11) is 0. The molecule has 0 spiro atoms. The second-order valence-corrected chi connectivity index (χ2v) is 4.55. The zero-order valence-electron chi connectivity index (χ0n) is 7.52. The van der Waals surface area contributed by atoms with Crippen LogP contribution in [0.2, 0.25) is 0 Å². The van der Waals surface area contributed by atoms with Gasteiger partial charge in [0, 0.05) is 0 Å². The number of rotatable bonds is 1. The van der Waals surface area contributed by atoms with Gasteiger partial charge >= 0.3 is 0 Å². The van der Waals surface area contributed by atoms with Crippen LogP contribution in [0.1, 0.15) is 34.1 Å². The molecule has 0 bridgehead atoms. The van der Waals surface area contributed by atoms with Gasteiger partial charge in [0.1, 0.15) is 0 Å². The molecule has 0 amide bonds. The van der Waals surface area contributed by atoms with Crippen LogP contribution >= 0.6 is 0 Å². The van der Waals surface area contributed by atoms with Gasteiger partial charge in [-0.1, -0.05) is 34.1 Å². The molecule has 0 heterocycles. The maximum atomic E-state index is 2.48. The molecule has 2 aliphatic rings. The predicted molar refractivity (Wildman–Crippen MR) is 43.7 cm³/mol. The fourth-order valence-corrected chi connectivity index (χ4v) is 3.91. The Hall–Kier alpha value is 0. The van der Waals surface area contributed by atoms with Gasteiger partial charge in [0.2, 0.25) is 0 Å². The Morgan fingerprint density at radius 3 is 2.10 bits per heavy atom. The van der Waals surface area contributed by atoms with Crippen LogP contribution in [0, 0.1) is 29.1 Å². The molecule has 58 valence electrons. The molecular formula is C10H18. The highest BCUT2D eigenvalue weighted by Gasteiger charge is 2.73. The highest BCUT2D eigenvalue weighted by Crippen LogP contribution is 2.78. The average molecular weight is 138 g/mol. The zero-order valence-corrected chi connectivity index (χ0v) is 7.52. The third kappa shape index (κ3) is 0.436. The minimum atomic E-state index is 0.786. The lowest BCUT2D eigenvalue weighted by atomic mass is 9.65. The van der Waals surface area contributed by atoms with Gasteiger partial charge in [-0.15, -0.1) is 0 Å². The summed E-state index contributed by atoms with van der Waals surface area (Å²) in [5, 5.41) is 0. The van der Waals surface area contributed by atoms with E-state index >= 15 is 0 Å². The molecule has 0 aromatic heterocycles. The normalized spacial score (nSPS) is 64.8. The number of hydrogen-bond donors (Lipinski definition) is 0. The summed E-state index contributed by atoms with van der Waals surface area (Å²) in [4.78, 5) is 0. The molecule has 5 unspecified atom stereocenters. The lowest BCUT2D eigenvalue weighted by Crippen LogP contribution is -2.34. The van der Waals surface area contributed by atoms with Gasteiger partial charge in [0.15, 0.2) is 0 Å². The van der Waals surface area contributed by atoms with Gasteiger partial charge in [-0.05, 0) is 29.1 Å². The van der Waals surface area contributed by atoms with Gasteiger partial charge < -0.3 is 0 Å². The maximum Gasteiger partial charge on any atom is -0.0233 e. The molecule has 0 aromatic rings. The van der Waals surface area contributed by atoms with E-state index < -0.39 is 0 Å². The van der Waals surface area contributed by atoms with Crippen molar-refractivity contribution in [1.82, 2.24) is 0 Å². The summed E-state index contributed by atoms with van der Waals surface area (Å²) in [6, 6.07) is 0. The number of fused-ring (bicyclic) bond motifs is 1. The predicted octanol–water partition coefficient (Wildman–Crippen LogP) is 2.93. The summed E-state index contributed by atoms with van der Waals surface area (Å²) < 4.78 is 0. The van der Waals surface area contributed by atoms with Crippen LogP contribution < -0.4 is 0 Å². The van der Waals surface area contributed by atoms with Crippen LogP contribution in [0.15, 0.2) is 0 Å². The molecule has 0 nitrogen and oxygen atoms in total. The van der Waals surface area contributed by atoms with E-state index in [4.69, 9.17) is 0 Å². The van der Waals surface area contributed by atoms with Gasteiger partial charge in [0.25, 0.3) is 0 Å². The van der Waals surface area contributed by atoms with E-state index in [-0.39, 0.29) is 0 Å². The standard InChI is InChI=1S/C10H18/c1-5-8-6(2)9-7(3)10(8,9)4/h6-9H,5H2,1-4H3. The molecule has 10 heavy (non-hydrogen) atoms. The third-order valence-corrected chi connectivity index (χ3v) is 4.57. The first-order chi connectivity index (χ1) is 4.64. The van der Waals surface area contributed by atoms with Crippen LogP contribution in [-0.2, 0) is 0 Å². The van der Waals surface area contributed by atoms with Crippen molar-refractivity contribution in [3.05, 3.63) is 0 Å². The van der Waals surface area contributed by atoms with Gasteiger partial charge in [-0.25, -0.2) is 0 Å². The van der Waals surface area contributed by atoms with E-state index in [1.165, 1.54) is 6.42 Å². The SMILES string of the molecule is CCC1C(C)C2C(C)C12C. The molecule has 0 N–H and O–H groups in total. The monoisotopic (exact) mass is 138 g/mol. The molecule has 0 heteroatoms. The quantitative estimate of drug-likeness (QED) is 0.522. The van der Waals surface area contributed by atoms with Crippen molar-refractivity contribution in [3.8, 4) is 0 Å². The van der Waals surface area contributed by atoms with Crippen molar-refractivity contribution in [2.45, 2.75) is 34.1 Å². The van der Waals surface area contributed by atoms with E-state index in [2.05, 4.69) is 27.7 Å². The second-order valence-electron chi connectivity index (χ2n) is 4.55. The van der Waals surface area contributed by atoms with Gasteiger partial charge in [-0.2, -0.15) is 0 Å². The van der Waals surface area contributed by atoms with Crippen molar-refractivity contribution < 1.29 is 0 Å². The first-order valence-electron chi connectivity index (χ1n) is 4.64. The van der Waals surface area contributed by atoms with Crippen molar-refractivity contribution in [2.75, 3.05) is 0 Å². The Kier molecular flexibility index (Phi) is 1.07. The van der Waals surface area contributed by atoms with Crippen LogP contribution in [0.25, 0.3) is 0 Å². The van der Waals surface area contributed by atoms with Crippen molar-refractivity contribution in [3.63, 3.8) is 0 Å². The fourth-order valence-electron chi connectivity index (χ4n) is 3.91. The minimum Gasteiger partial charge on any atom is -0.0651 e. The largest absolute Gasteiger partial charge is 0.0651 e. The fraction of sp³-hybridized carbons (Fsp3) is 1.00. The van der Waals surface area contributed by atoms with E-state index in [0.29, 0.717) is 0 Å². The molecule has 2 rings (SSSR count).